The number of fused-ring (bicyclic) bond motifs is 1. The molecule has 2 heterocycles. The summed E-state index contributed by atoms with van der Waals surface area (Å²) < 4.78 is 17.3. The van der Waals surface area contributed by atoms with Gasteiger partial charge in [-0.2, -0.15) is 0 Å². The van der Waals surface area contributed by atoms with Crippen molar-refractivity contribution >= 4 is 17.1 Å². The van der Waals surface area contributed by atoms with Crippen molar-refractivity contribution in [1.29, 1.82) is 0 Å². The first-order chi connectivity index (χ1) is 20.8. The molecule has 8 heteroatoms. The quantitative estimate of drug-likeness (QED) is 0.190. The topological polar surface area (TPSA) is 53.5 Å². The first-order valence-electron chi connectivity index (χ1n) is 15.5. The minimum Gasteiger partial charge on any atom is -0.493 e. The van der Waals surface area contributed by atoms with Gasteiger partial charge in [-0.1, -0.05) is 45.9 Å². The average Bonchev–Trinajstić information content (AvgIpc) is 3.30. The summed E-state index contributed by atoms with van der Waals surface area (Å²) >= 11 is 0. The van der Waals surface area contributed by atoms with Crippen LogP contribution in [0.25, 0.3) is 0 Å². The molecule has 0 saturated carbocycles. The molecule has 8 nitrogen and oxygen atoms in total. The summed E-state index contributed by atoms with van der Waals surface area (Å²) in [5, 5.41) is 0. The zero-order chi connectivity index (χ0) is 30.9. The number of pyridine rings is 1. The molecule has 2 aromatic carbocycles. The van der Waals surface area contributed by atoms with Gasteiger partial charge in [-0.15, -0.1) is 0 Å². The van der Waals surface area contributed by atoms with Crippen molar-refractivity contribution in [3.8, 4) is 17.2 Å². The second-order valence-electron chi connectivity index (χ2n) is 12.2. The van der Waals surface area contributed by atoms with Crippen LogP contribution in [0.2, 0.25) is 0 Å². The van der Waals surface area contributed by atoms with Crippen LogP contribution in [0.4, 0.5) is 17.1 Å². The predicted molar refractivity (Wildman–Crippen MR) is 178 cm³/mol. The van der Waals surface area contributed by atoms with E-state index >= 15 is 0 Å². The highest BCUT2D eigenvalue weighted by atomic mass is 16.5. The maximum Gasteiger partial charge on any atom is 0.203 e. The van der Waals surface area contributed by atoms with Crippen LogP contribution in [-0.4, -0.2) is 77.3 Å². The number of aromatic nitrogens is 1. The third-order valence-electron chi connectivity index (χ3n) is 7.86. The zero-order valence-electron chi connectivity index (χ0n) is 27.4. The molecule has 234 valence electrons. The Morgan fingerprint density at radius 3 is 2.02 bits per heavy atom. The standard InChI is InChI=1S/C35H51N5O3/c1-26(2)24-39(29-22-32(41-6)34(43-8)33(23-29)42-7)35-38(30-15-9-10-16-31(30)40(35)25-27(3)4)20-13-19-37(5)21-17-28-14-11-12-18-36-28/h9-12,14-16,18,22-23,26-27,35H,13,17,19-21,24-25H2,1-8H3. The van der Waals surface area contributed by atoms with E-state index in [2.05, 4.69) is 108 Å². The number of benzene rings is 2. The van der Waals surface area contributed by atoms with Gasteiger partial charge in [0, 0.05) is 62.3 Å². The lowest BCUT2D eigenvalue weighted by atomic mass is 10.1. The van der Waals surface area contributed by atoms with Crippen LogP contribution >= 0.6 is 0 Å². The van der Waals surface area contributed by atoms with Crippen LogP contribution in [0.1, 0.15) is 39.8 Å². The van der Waals surface area contributed by atoms with E-state index in [9.17, 15) is 0 Å². The van der Waals surface area contributed by atoms with Gasteiger partial charge in [0.15, 0.2) is 17.8 Å². The SMILES string of the molecule is COc1cc(N(CC(C)C)C2N(CCCN(C)CCc3ccccn3)c3ccccc3N2CC(C)C)cc(OC)c1OC. The van der Waals surface area contributed by atoms with E-state index in [0.717, 1.165) is 56.9 Å². The van der Waals surface area contributed by atoms with Gasteiger partial charge < -0.3 is 33.8 Å². The highest BCUT2D eigenvalue weighted by Crippen LogP contribution is 2.46. The molecule has 0 saturated heterocycles. The maximum absolute atomic E-state index is 5.79. The van der Waals surface area contributed by atoms with Gasteiger partial charge in [0.2, 0.25) is 5.75 Å². The molecular weight excluding hydrogens is 538 g/mol. The Kier molecular flexibility index (Phi) is 11.4. The Morgan fingerprint density at radius 2 is 1.47 bits per heavy atom. The van der Waals surface area contributed by atoms with E-state index in [1.807, 2.05) is 12.3 Å². The molecule has 3 aromatic rings. The third kappa shape index (κ3) is 7.85. The van der Waals surface area contributed by atoms with Crippen molar-refractivity contribution in [1.82, 2.24) is 9.88 Å². The molecule has 0 fully saturated rings. The molecule has 1 aliphatic rings. The third-order valence-corrected chi connectivity index (χ3v) is 7.86. The van der Waals surface area contributed by atoms with Crippen LogP contribution in [-0.2, 0) is 6.42 Å². The number of methoxy groups -OCH3 is 3. The molecule has 1 atom stereocenters. The monoisotopic (exact) mass is 589 g/mol. The van der Waals surface area contributed by atoms with E-state index in [1.165, 1.54) is 11.4 Å². The number of para-hydroxylation sites is 2. The van der Waals surface area contributed by atoms with Crippen molar-refractivity contribution in [2.24, 2.45) is 11.8 Å². The zero-order valence-corrected chi connectivity index (χ0v) is 27.4. The first-order valence-corrected chi connectivity index (χ1v) is 15.5. The Bertz CT molecular complexity index is 1260. The fourth-order valence-electron chi connectivity index (χ4n) is 5.96. The number of hydrogen-bond acceptors (Lipinski definition) is 8. The molecule has 0 aliphatic carbocycles. The molecule has 1 unspecified atom stereocenters. The number of ether oxygens (including phenoxy) is 3. The number of nitrogens with zero attached hydrogens (tertiary/aromatic N) is 5. The second-order valence-corrected chi connectivity index (χ2v) is 12.2. The summed E-state index contributed by atoms with van der Waals surface area (Å²) in [5.74, 6) is 2.87. The van der Waals surface area contributed by atoms with E-state index in [-0.39, 0.29) is 6.29 Å². The fraction of sp³-hybridized carbons (Fsp3) is 0.514. The van der Waals surface area contributed by atoms with Gasteiger partial charge in [-0.25, -0.2) is 0 Å². The normalized spacial score (nSPS) is 14.5. The minimum atomic E-state index is 0.00355. The van der Waals surface area contributed by atoms with Crippen LogP contribution in [0, 0.1) is 11.8 Å². The molecule has 43 heavy (non-hydrogen) atoms. The summed E-state index contributed by atoms with van der Waals surface area (Å²) in [6.45, 7) is 13.9. The van der Waals surface area contributed by atoms with Crippen LogP contribution in [0.5, 0.6) is 17.2 Å². The summed E-state index contributed by atoms with van der Waals surface area (Å²) in [5.41, 5.74) is 4.76. The predicted octanol–water partition coefficient (Wildman–Crippen LogP) is 6.40. The van der Waals surface area contributed by atoms with Crippen LogP contribution in [0.15, 0.2) is 60.8 Å². The van der Waals surface area contributed by atoms with Crippen molar-refractivity contribution in [3.05, 3.63) is 66.5 Å². The number of likely N-dealkylation sites (N-methyl/N-ethyl adjacent to an activating group) is 1. The molecule has 0 bridgehead atoms. The van der Waals surface area contributed by atoms with E-state index in [1.54, 1.807) is 21.3 Å². The lowest BCUT2D eigenvalue weighted by Gasteiger charge is -2.44. The molecule has 0 amide bonds. The fourth-order valence-corrected chi connectivity index (χ4v) is 5.96. The van der Waals surface area contributed by atoms with Gasteiger partial charge in [0.1, 0.15) is 0 Å². The Hall–Kier alpha value is -3.65. The molecule has 0 spiro atoms. The summed E-state index contributed by atoms with van der Waals surface area (Å²) in [7, 11) is 7.23. The van der Waals surface area contributed by atoms with E-state index in [4.69, 9.17) is 14.2 Å². The molecule has 4 rings (SSSR count). The summed E-state index contributed by atoms with van der Waals surface area (Å²) in [6.07, 6.45) is 3.88. The largest absolute Gasteiger partial charge is 0.493 e. The molecular formula is C35H51N5O3. The number of rotatable bonds is 16. The highest BCUT2D eigenvalue weighted by Gasteiger charge is 2.40. The van der Waals surface area contributed by atoms with Crippen LogP contribution < -0.4 is 28.9 Å². The van der Waals surface area contributed by atoms with Crippen molar-refractivity contribution in [2.45, 2.75) is 46.8 Å². The van der Waals surface area contributed by atoms with Crippen molar-refractivity contribution < 1.29 is 14.2 Å². The lowest BCUT2D eigenvalue weighted by molar-refractivity contribution is 0.324. The van der Waals surface area contributed by atoms with Crippen molar-refractivity contribution in [3.63, 3.8) is 0 Å². The van der Waals surface area contributed by atoms with E-state index < -0.39 is 0 Å². The highest BCUT2D eigenvalue weighted by molar-refractivity contribution is 5.79. The molecule has 1 aromatic heterocycles. The summed E-state index contributed by atoms with van der Waals surface area (Å²) in [6, 6.07) is 19.2. The Balaban J connectivity index is 1.67. The molecule has 0 radical (unpaired) electrons. The van der Waals surface area contributed by atoms with Gasteiger partial charge >= 0.3 is 0 Å². The smallest absolute Gasteiger partial charge is 0.203 e. The number of hydrogen-bond donors (Lipinski definition) is 0. The maximum atomic E-state index is 5.79. The minimum absolute atomic E-state index is 0.00355. The lowest BCUT2D eigenvalue weighted by Crippen LogP contribution is -2.57. The Morgan fingerprint density at radius 1 is 0.814 bits per heavy atom. The first kappa shape index (κ1) is 32.3. The van der Waals surface area contributed by atoms with Gasteiger partial charge in [0.05, 0.1) is 32.7 Å². The molecule has 0 N–H and O–H groups in total. The van der Waals surface area contributed by atoms with Gasteiger partial charge in [0.25, 0.3) is 0 Å². The number of anilines is 3. The average molecular weight is 590 g/mol. The molecule has 1 aliphatic heterocycles. The van der Waals surface area contributed by atoms with Crippen LogP contribution in [0.3, 0.4) is 0 Å². The Labute approximate surface area is 259 Å². The van der Waals surface area contributed by atoms with Crippen molar-refractivity contribution in [2.75, 3.05) is 75.8 Å². The van der Waals surface area contributed by atoms with Gasteiger partial charge in [-0.3, -0.25) is 4.98 Å². The summed E-state index contributed by atoms with van der Waals surface area (Å²) in [4.78, 5) is 14.6. The van der Waals surface area contributed by atoms with Gasteiger partial charge in [-0.05, 0) is 56.1 Å². The second kappa shape index (κ2) is 15.2. The van der Waals surface area contributed by atoms with E-state index in [0.29, 0.717) is 29.1 Å².